The van der Waals surface area contributed by atoms with Gasteiger partial charge in [0, 0.05) is 5.56 Å². The molecule has 16 heavy (non-hydrogen) atoms. The molecule has 0 bridgehead atoms. The molecule has 0 radical (unpaired) electrons. The van der Waals surface area contributed by atoms with Crippen molar-refractivity contribution in [1.82, 2.24) is 0 Å². The van der Waals surface area contributed by atoms with Crippen LogP contribution >= 0.6 is 0 Å². The van der Waals surface area contributed by atoms with Gasteiger partial charge in [-0.1, -0.05) is 5.92 Å². The van der Waals surface area contributed by atoms with E-state index in [1.54, 1.807) is 0 Å². The van der Waals surface area contributed by atoms with Gasteiger partial charge < -0.3 is 15.6 Å². The summed E-state index contributed by atoms with van der Waals surface area (Å²) in [5.41, 5.74) is 5.24. The molecule has 0 aromatic heterocycles. The zero-order valence-corrected chi connectivity index (χ0v) is 8.48. The summed E-state index contributed by atoms with van der Waals surface area (Å²) >= 11 is 0. The second-order valence-corrected chi connectivity index (χ2v) is 2.84. The van der Waals surface area contributed by atoms with Crippen LogP contribution in [0.2, 0.25) is 0 Å². The highest BCUT2D eigenvalue weighted by Crippen LogP contribution is 2.18. The van der Waals surface area contributed by atoms with Gasteiger partial charge in [-0.15, -0.1) is 0 Å². The van der Waals surface area contributed by atoms with Gasteiger partial charge in [-0.25, -0.2) is 4.79 Å². The van der Waals surface area contributed by atoms with Crippen LogP contribution in [0.15, 0.2) is 18.2 Å². The zero-order valence-electron chi connectivity index (χ0n) is 8.48. The highest BCUT2D eigenvalue weighted by atomic mass is 16.5. The number of methoxy groups -OCH3 is 1. The average Bonchev–Trinajstić information content (AvgIpc) is 2.25. The summed E-state index contributed by atoms with van der Waals surface area (Å²) in [5, 5.41) is 9.47. The van der Waals surface area contributed by atoms with Crippen molar-refractivity contribution in [2.24, 2.45) is 5.73 Å². The third kappa shape index (κ3) is 2.75. The number of hydrogen-bond donors (Lipinski definition) is 2. The van der Waals surface area contributed by atoms with Crippen LogP contribution in [0.25, 0.3) is 0 Å². The van der Waals surface area contributed by atoms with E-state index in [-0.39, 0.29) is 11.3 Å². The first-order valence-electron chi connectivity index (χ1n) is 4.27. The van der Waals surface area contributed by atoms with Crippen LogP contribution in [0.4, 0.5) is 0 Å². The van der Waals surface area contributed by atoms with Gasteiger partial charge in [0.15, 0.2) is 0 Å². The monoisotopic (exact) mass is 219 g/mol. The van der Waals surface area contributed by atoms with Crippen molar-refractivity contribution >= 4 is 11.9 Å². The second-order valence-electron chi connectivity index (χ2n) is 2.84. The van der Waals surface area contributed by atoms with Crippen LogP contribution in [0.1, 0.15) is 15.9 Å². The Balaban J connectivity index is 3.06. The number of carbonyl (C=O) groups is 2. The largest absolute Gasteiger partial charge is 0.507 e. The molecule has 0 fully saturated rings. The maximum Gasteiger partial charge on any atom is 0.341 e. The molecule has 0 aliphatic rings. The van der Waals surface area contributed by atoms with Crippen molar-refractivity contribution in [2.45, 2.75) is 0 Å². The molecular weight excluding hydrogens is 210 g/mol. The Morgan fingerprint density at radius 1 is 1.44 bits per heavy atom. The van der Waals surface area contributed by atoms with Crippen molar-refractivity contribution in [3.05, 3.63) is 29.3 Å². The summed E-state index contributed by atoms with van der Waals surface area (Å²) in [4.78, 5) is 21.5. The number of benzene rings is 1. The summed E-state index contributed by atoms with van der Waals surface area (Å²) in [5.74, 6) is 2.87. The number of carbonyl (C=O) groups excluding carboxylic acids is 2. The first-order valence-corrected chi connectivity index (χ1v) is 4.27. The van der Waals surface area contributed by atoms with Gasteiger partial charge in [0.25, 0.3) is 5.91 Å². The van der Waals surface area contributed by atoms with Crippen LogP contribution in [0.3, 0.4) is 0 Å². The Morgan fingerprint density at radius 2 is 2.12 bits per heavy atom. The fourth-order valence-corrected chi connectivity index (χ4v) is 1.03. The van der Waals surface area contributed by atoms with Gasteiger partial charge in [0.2, 0.25) is 0 Å². The maximum atomic E-state index is 11.1. The van der Waals surface area contributed by atoms with Crippen LogP contribution in [0, 0.1) is 11.8 Å². The van der Waals surface area contributed by atoms with Gasteiger partial charge in [-0.3, -0.25) is 4.79 Å². The van der Waals surface area contributed by atoms with Gasteiger partial charge in [-0.05, 0) is 24.1 Å². The minimum absolute atomic E-state index is 0.0344. The molecule has 0 spiro atoms. The number of hydrogen-bond acceptors (Lipinski definition) is 4. The van der Waals surface area contributed by atoms with E-state index < -0.39 is 11.9 Å². The smallest absolute Gasteiger partial charge is 0.341 e. The number of esters is 1. The molecule has 5 nitrogen and oxygen atoms in total. The van der Waals surface area contributed by atoms with Gasteiger partial charge >= 0.3 is 5.97 Å². The quantitative estimate of drug-likeness (QED) is 0.514. The van der Waals surface area contributed by atoms with Gasteiger partial charge in [0.05, 0.1) is 7.11 Å². The van der Waals surface area contributed by atoms with Crippen molar-refractivity contribution < 1.29 is 19.4 Å². The highest BCUT2D eigenvalue weighted by Gasteiger charge is 2.10. The van der Waals surface area contributed by atoms with E-state index in [9.17, 15) is 14.7 Å². The molecule has 0 aliphatic carbocycles. The first kappa shape index (κ1) is 11.6. The fraction of sp³-hybridized carbons (Fsp3) is 0.0909. The third-order valence-corrected chi connectivity index (χ3v) is 1.73. The first-order chi connectivity index (χ1) is 7.54. The van der Waals surface area contributed by atoms with E-state index in [1.165, 1.54) is 25.3 Å². The van der Waals surface area contributed by atoms with Crippen LogP contribution in [-0.2, 0) is 9.53 Å². The predicted octanol–water partition coefficient (Wildman–Crippen LogP) is 0.0156. The van der Waals surface area contributed by atoms with Gasteiger partial charge in [0.1, 0.15) is 11.3 Å². The number of ether oxygens (including phenoxy) is 1. The lowest BCUT2D eigenvalue weighted by atomic mass is 10.1. The molecule has 0 aliphatic heterocycles. The lowest BCUT2D eigenvalue weighted by molar-refractivity contribution is -0.112. The Morgan fingerprint density at radius 3 is 2.62 bits per heavy atom. The summed E-state index contributed by atoms with van der Waals surface area (Å²) < 4.78 is 4.45. The lowest BCUT2D eigenvalue weighted by Gasteiger charge is -2.02. The number of aromatic hydroxyl groups is 1. The Labute approximate surface area is 91.8 Å². The van der Waals surface area contributed by atoms with E-state index in [0.29, 0.717) is 5.56 Å². The number of phenols is 1. The zero-order chi connectivity index (χ0) is 12.1. The molecule has 0 atom stereocenters. The summed E-state index contributed by atoms with van der Waals surface area (Å²) in [6.07, 6.45) is 0. The Kier molecular flexibility index (Phi) is 3.51. The minimum atomic E-state index is -0.767. The van der Waals surface area contributed by atoms with E-state index in [2.05, 4.69) is 16.6 Å². The highest BCUT2D eigenvalue weighted by molar-refractivity contribution is 5.93. The molecule has 1 rings (SSSR count). The van der Waals surface area contributed by atoms with Crippen LogP contribution in [-0.4, -0.2) is 24.1 Å². The SMILES string of the molecule is COC(=O)c1ccc(C#CC(N)=O)cc1O. The molecule has 3 N–H and O–H groups in total. The van der Waals surface area contributed by atoms with E-state index in [1.807, 2.05) is 0 Å². The number of phenolic OH excluding ortho intramolecular Hbond substituents is 1. The second kappa shape index (κ2) is 4.84. The minimum Gasteiger partial charge on any atom is -0.507 e. The van der Waals surface area contributed by atoms with Crippen molar-refractivity contribution in [3.8, 4) is 17.6 Å². The average molecular weight is 219 g/mol. The van der Waals surface area contributed by atoms with Crippen molar-refractivity contribution in [3.63, 3.8) is 0 Å². The molecular formula is C11H9NO4. The molecule has 0 saturated carbocycles. The molecule has 1 amide bonds. The fourth-order valence-electron chi connectivity index (χ4n) is 1.03. The lowest BCUT2D eigenvalue weighted by Crippen LogP contribution is -2.06. The number of primary amides is 1. The van der Waals surface area contributed by atoms with E-state index in [0.717, 1.165) is 0 Å². The van der Waals surface area contributed by atoms with Gasteiger partial charge in [-0.2, -0.15) is 0 Å². The standard InChI is InChI=1S/C11H9NO4/c1-16-11(15)8-4-2-7(6-9(8)13)3-5-10(12)14/h2,4,6,13H,1H3,(H2,12,14). The summed E-state index contributed by atoms with van der Waals surface area (Å²) in [6, 6.07) is 4.08. The van der Waals surface area contributed by atoms with E-state index >= 15 is 0 Å². The van der Waals surface area contributed by atoms with E-state index in [4.69, 9.17) is 5.73 Å². The Hall–Kier alpha value is -2.48. The van der Waals surface area contributed by atoms with Crippen molar-refractivity contribution in [1.29, 1.82) is 0 Å². The number of rotatable bonds is 1. The third-order valence-electron chi connectivity index (χ3n) is 1.73. The molecule has 82 valence electrons. The normalized spacial score (nSPS) is 8.81. The predicted molar refractivity (Wildman–Crippen MR) is 55.5 cm³/mol. The maximum absolute atomic E-state index is 11.1. The van der Waals surface area contributed by atoms with Crippen LogP contribution in [0.5, 0.6) is 5.75 Å². The molecule has 1 aromatic rings. The molecule has 1 aromatic carbocycles. The Bertz CT molecular complexity index is 496. The molecule has 0 saturated heterocycles. The molecule has 0 heterocycles. The summed E-state index contributed by atoms with van der Waals surface area (Å²) in [6.45, 7) is 0. The topological polar surface area (TPSA) is 89.6 Å². The molecule has 0 unspecified atom stereocenters. The number of amides is 1. The number of nitrogens with two attached hydrogens (primary N) is 1. The molecule has 5 heteroatoms. The van der Waals surface area contributed by atoms with Crippen LogP contribution < -0.4 is 5.73 Å². The summed E-state index contributed by atoms with van der Waals surface area (Å²) in [7, 11) is 1.21. The van der Waals surface area contributed by atoms with Crippen molar-refractivity contribution in [2.75, 3.05) is 7.11 Å².